The Morgan fingerprint density at radius 2 is 2.33 bits per heavy atom. The molecule has 2 nitrogen and oxygen atoms in total. The Bertz CT molecular complexity index is 125. The molecule has 2 N–H and O–H groups in total. The number of nitrogens with zero attached hydrogens (tertiary/aromatic N) is 1. The number of likely N-dealkylation sites (tertiary alicyclic amines) is 1. The SMILES string of the molecule is CCC1CCN(C[C@@H](C)CN)C1. The third-order valence-electron chi connectivity index (χ3n) is 2.92. The predicted octanol–water partition coefficient (Wildman–Crippen LogP) is 1.31. The van der Waals surface area contributed by atoms with Crippen LogP contribution in [0.5, 0.6) is 0 Å². The highest BCUT2D eigenvalue weighted by Gasteiger charge is 2.21. The molecule has 0 saturated carbocycles. The van der Waals surface area contributed by atoms with Crippen molar-refractivity contribution in [2.45, 2.75) is 26.7 Å². The van der Waals surface area contributed by atoms with E-state index in [0.29, 0.717) is 5.92 Å². The minimum absolute atomic E-state index is 0.667. The van der Waals surface area contributed by atoms with Crippen LogP contribution in [0.3, 0.4) is 0 Å². The lowest BCUT2D eigenvalue weighted by Gasteiger charge is -2.19. The van der Waals surface area contributed by atoms with Crippen molar-refractivity contribution < 1.29 is 0 Å². The molecule has 0 aromatic heterocycles. The van der Waals surface area contributed by atoms with Crippen molar-refractivity contribution in [1.29, 1.82) is 0 Å². The summed E-state index contributed by atoms with van der Waals surface area (Å²) < 4.78 is 0. The van der Waals surface area contributed by atoms with Crippen LogP contribution in [0, 0.1) is 11.8 Å². The maximum Gasteiger partial charge on any atom is 0.00192 e. The highest BCUT2D eigenvalue weighted by Crippen LogP contribution is 2.19. The van der Waals surface area contributed by atoms with Crippen molar-refractivity contribution in [3.05, 3.63) is 0 Å². The molecule has 1 aliphatic rings. The Kier molecular flexibility index (Phi) is 4.02. The van der Waals surface area contributed by atoms with Crippen molar-refractivity contribution in [2.24, 2.45) is 17.6 Å². The molecule has 12 heavy (non-hydrogen) atoms. The number of hydrogen-bond donors (Lipinski definition) is 1. The largest absolute Gasteiger partial charge is 0.330 e. The molecule has 1 unspecified atom stereocenters. The van der Waals surface area contributed by atoms with Gasteiger partial charge >= 0.3 is 0 Å². The van der Waals surface area contributed by atoms with E-state index in [-0.39, 0.29) is 0 Å². The lowest BCUT2D eigenvalue weighted by Crippen LogP contribution is -2.29. The molecule has 2 atom stereocenters. The first-order valence-electron chi connectivity index (χ1n) is 5.18. The molecular weight excluding hydrogens is 148 g/mol. The molecule has 0 radical (unpaired) electrons. The van der Waals surface area contributed by atoms with Gasteiger partial charge in [-0.1, -0.05) is 20.3 Å². The average molecular weight is 170 g/mol. The fraction of sp³-hybridized carbons (Fsp3) is 1.00. The second kappa shape index (κ2) is 4.83. The maximum atomic E-state index is 5.59. The first-order valence-corrected chi connectivity index (χ1v) is 5.18. The summed E-state index contributed by atoms with van der Waals surface area (Å²) in [5.74, 6) is 1.62. The summed E-state index contributed by atoms with van der Waals surface area (Å²) in [4.78, 5) is 2.56. The van der Waals surface area contributed by atoms with Gasteiger partial charge in [-0.05, 0) is 31.3 Å². The summed E-state index contributed by atoms with van der Waals surface area (Å²) in [6.45, 7) is 9.16. The zero-order valence-electron chi connectivity index (χ0n) is 8.42. The summed E-state index contributed by atoms with van der Waals surface area (Å²) in [7, 11) is 0. The Labute approximate surface area is 76.1 Å². The van der Waals surface area contributed by atoms with Crippen LogP contribution in [0.15, 0.2) is 0 Å². The van der Waals surface area contributed by atoms with E-state index in [0.717, 1.165) is 12.5 Å². The van der Waals surface area contributed by atoms with Gasteiger partial charge in [0.2, 0.25) is 0 Å². The second-order valence-electron chi connectivity index (χ2n) is 4.16. The van der Waals surface area contributed by atoms with Crippen LogP contribution in [-0.4, -0.2) is 31.1 Å². The monoisotopic (exact) mass is 170 g/mol. The number of hydrogen-bond acceptors (Lipinski definition) is 2. The van der Waals surface area contributed by atoms with Crippen LogP contribution >= 0.6 is 0 Å². The lowest BCUT2D eigenvalue weighted by molar-refractivity contribution is 0.280. The van der Waals surface area contributed by atoms with Crippen LogP contribution < -0.4 is 5.73 Å². The van der Waals surface area contributed by atoms with Crippen LogP contribution in [0.2, 0.25) is 0 Å². The molecule has 0 bridgehead atoms. The molecule has 1 heterocycles. The number of rotatable bonds is 4. The average Bonchev–Trinajstić information content (AvgIpc) is 2.52. The van der Waals surface area contributed by atoms with E-state index in [9.17, 15) is 0 Å². The van der Waals surface area contributed by atoms with E-state index in [1.807, 2.05) is 0 Å². The first-order chi connectivity index (χ1) is 5.76. The highest BCUT2D eigenvalue weighted by molar-refractivity contribution is 4.75. The molecule has 0 aliphatic carbocycles. The molecule has 0 aromatic carbocycles. The van der Waals surface area contributed by atoms with Gasteiger partial charge in [-0.25, -0.2) is 0 Å². The van der Waals surface area contributed by atoms with Crippen molar-refractivity contribution in [2.75, 3.05) is 26.2 Å². The third-order valence-corrected chi connectivity index (χ3v) is 2.92. The first kappa shape index (κ1) is 10.0. The standard InChI is InChI=1S/C10H22N2/c1-3-10-4-5-12(8-10)7-9(2)6-11/h9-10H,3-8,11H2,1-2H3/t9-,10?/m0/s1. The van der Waals surface area contributed by atoms with Gasteiger partial charge in [-0.2, -0.15) is 0 Å². The third kappa shape index (κ3) is 2.76. The minimum Gasteiger partial charge on any atom is -0.330 e. The van der Waals surface area contributed by atoms with Crippen LogP contribution in [-0.2, 0) is 0 Å². The van der Waals surface area contributed by atoms with E-state index in [1.54, 1.807) is 0 Å². The molecule has 1 aliphatic heterocycles. The zero-order chi connectivity index (χ0) is 8.97. The quantitative estimate of drug-likeness (QED) is 0.689. The van der Waals surface area contributed by atoms with E-state index < -0.39 is 0 Å². The molecule has 1 fully saturated rings. The molecule has 72 valence electrons. The van der Waals surface area contributed by atoms with Crippen molar-refractivity contribution >= 4 is 0 Å². The van der Waals surface area contributed by atoms with E-state index in [2.05, 4.69) is 18.7 Å². The highest BCUT2D eigenvalue weighted by atomic mass is 15.1. The Balaban J connectivity index is 2.18. The van der Waals surface area contributed by atoms with Gasteiger partial charge in [-0.15, -0.1) is 0 Å². The van der Waals surface area contributed by atoms with Crippen LogP contribution in [0.25, 0.3) is 0 Å². The van der Waals surface area contributed by atoms with E-state index in [4.69, 9.17) is 5.73 Å². The fourth-order valence-electron chi connectivity index (χ4n) is 1.93. The maximum absolute atomic E-state index is 5.59. The smallest absolute Gasteiger partial charge is 0.00192 e. The van der Waals surface area contributed by atoms with Gasteiger partial charge in [0.05, 0.1) is 0 Å². The zero-order valence-corrected chi connectivity index (χ0v) is 8.42. The lowest BCUT2D eigenvalue weighted by atomic mass is 10.1. The molecule has 1 saturated heterocycles. The molecular formula is C10H22N2. The predicted molar refractivity (Wildman–Crippen MR) is 53.1 cm³/mol. The molecule has 2 heteroatoms. The summed E-state index contributed by atoms with van der Waals surface area (Å²) in [6, 6.07) is 0. The van der Waals surface area contributed by atoms with Gasteiger partial charge in [0, 0.05) is 13.1 Å². The molecule has 0 aromatic rings. The summed E-state index contributed by atoms with van der Waals surface area (Å²) in [5, 5.41) is 0. The molecule has 1 rings (SSSR count). The minimum atomic E-state index is 0.667. The topological polar surface area (TPSA) is 29.3 Å². The van der Waals surface area contributed by atoms with E-state index >= 15 is 0 Å². The van der Waals surface area contributed by atoms with Gasteiger partial charge in [-0.3, -0.25) is 0 Å². The summed E-state index contributed by atoms with van der Waals surface area (Å²) >= 11 is 0. The fourth-order valence-corrected chi connectivity index (χ4v) is 1.93. The summed E-state index contributed by atoms with van der Waals surface area (Å²) in [5.41, 5.74) is 5.59. The summed E-state index contributed by atoms with van der Waals surface area (Å²) in [6.07, 6.45) is 2.74. The molecule has 0 spiro atoms. The van der Waals surface area contributed by atoms with Crippen molar-refractivity contribution in [1.82, 2.24) is 4.90 Å². The van der Waals surface area contributed by atoms with Gasteiger partial charge in [0.15, 0.2) is 0 Å². The van der Waals surface area contributed by atoms with Gasteiger partial charge in [0.25, 0.3) is 0 Å². The molecule has 0 amide bonds. The normalized spacial score (nSPS) is 27.8. The van der Waals surface area contributed by atoms with Crippen molar-refractivity contribution in [3.63, 3.8) is 0 Å². The van der Waals surface area contributed by atoms with Crippen LogP contribution in [0.1, 0.15) is 26.7 Å². The van der Waals surface area contributed by atoms with Gasteiger partial charge < -0.3 is 10.6 Å². The van der Waals surface area contributed by atoms with Crippen molar-refractivity contribution in [3.8, 4) is 0 Å². The number of nitrogens with two attached hydrogens (primary N) is 1. The Morgan fingerprint density at radius 3 is 2.83 bits per heavy atom. The Hall–Kier alpha value is -0.0800. The van der Waals surface area contributed by atoms with Crippen LogP contribution in [0.4, 0.5) is 0 Å². The second-order valence-corrected chi connectivity index (χ2v) is 4.16. The van der Waals surface area contributed by atoms with Gasteiger partial charge in [0.1, 0.15) is 0 Å². The van der Waals surface area contributed by atoms with E-state index in [1.165, 1.54) is 32.5 Å². The Morgan fingerprint density at radius 1 is 1.58 bits per heavy atom.